The van der Waals surface area contributed by atoms with Gasteiger partial charge in [0.25, 0.3) is 5.89 Å². The number of carbonyl (C=O) groups excluding carboxylic acids is 1. The second kappa shape index (κ2) is 8.35. The van der Waals surface area contributed by atoms with Crippen LogP contribution < -0.4 is 15.4 Å². The molecule has 0 spiro atoms. The lowest BCUT2D eigenvalue weighted by Gasteiger charge is -2.10. The summed E-state index contributed by atoms with van der Waals surface area (Å²) in [5.74, 6) is 1.54. The van der Waals surface area contributed by atoms with Crippen molar-refractivity contribution in [3.8, 4) is 17.1 Å². The molecule has 0 bridgehead atoms. The minimum Gasteiger partial charge on any atom is -0.481 e. The Morgan fingerprint density at radius 1 is 1.07 bits per heavy atom. The second-order valence-electron chi connectivity index (χ2n) is 6.36. The van der Waals surface area contributed by atoms with E-state index in [1.165, 1.54) is 0 Å². The molecule has 0 aliphatic rings. The number of carbonyl (C=O) groups is 1. The Labute approximate surface area is 157 Å². The van der Waals surface area contributed by atoms with E-state index >= 15 is 0 Å². The zero-order valence-corrected chi connectivity index (χ0v) is 15.5. The molecule has 3 rings (SSSR count). The number of benzene rings is 2. The van der Waals surface area contributed by atoms with Crippen LogP contribution in [-0.2, 0) is 0 Å². The maximum atomic E-state index is 11.8. The van der Waals surface area contributed by atoms with Crippen LogP contribution in [0.2, 0.25) is 0 Å². The number of hydrogen-bond donors (Lipinski definition) is 2. The van der Waals surface area contributed by atoms with Gasteiger partial charge in [-0.1, -0.05) is 35.5 Å². The zero-order valence-electron chi connectivity index (χ0n) is 15.5. The fraction of sp³-hybridized carbons (Fsp3) is 0.250. The third kappa shape index (κ3) is 5.07. The summed E-state index contributed by atoms with van der Waals surface area (Å²) in [5, 5.41) is 9.58. The van der Waals surface area contributed by atoms with Crippen LogP contribution in [0.3, 0.4) is 0 Å². The van der Waals surface area contributed by atoms with Crippen molar-refractivity contribution in [2.24, 2.45) is 0 Å². The molecule has 0 saturated carbocycles. The summed E-state index contributed by atoms with van der Waals surface area (Å²) in [5.41, 5.74) is 1.38. The standard InChI is InChI=1S/C20H22N4O3/c1-13(2)21-20(25)22-16-9-7-8-15(12-16)18-23-19(27-24-18)14(3)26-17-10-5-4-6-11-17/h4-14H,1-3H3,(H2,21,22,25)/t14-/m1/s1. The molecule has 0 unspecified atom stereocenters. The average Bonchev–Trinajstić information content (AvgIpc) is 3.12. The Hall–Kier alpha value is -3.35. The summed E-state index contributed by atoms with van der Waals surface area (Å²) >= 11 is 0. The van der Waals surface area contributed by atoms with Gasteiger partial charge in [-0.2, -0.15) is 4.98 Å². The summed E-state index contributed by atoms with van der Waals surface area (Å²) in [6.45, 7) is 5.64. The van der Waals surface area contributed by atoms with Crippen LogP contribution in [0.1, 0.15) is 32.8 Å². The predicted octanol–water partition coefficient (Wildman–Crippen LogP) is 4.41. The second-order valence-corrected chi connectivity index (χ2v) is 6.36. The lowest BCUT2D eigenvalue weighted by atomic mass is 10.2. The van der Waals surface area contributed by atoms with Crippen molar-refractivity contribution < 1.29 is 14.1 Å². The molecule has 0 fully saturated rings. The first-order valence-electron chi connectivity index (χ1n) is 8.74. The molecule has 0 aliphatic heterocycles. The van der Waals surface area contributed by atoms with Gasteiger partial charge in [-0.3, -0.25) is 0 Å². The van der Waals surface area contributed by atoms with Crippen molar-refractivity contribution in [3.63, 3.8) is 0 Å². The number of rotatable bonds is 6. The molecule has 140 valence electrons. The van der Waals surface area contributed by atoms with E-state index < -0.39 is 0 Å². The van der Waals surface area contributed by atoms with Gasteiger partial charge < -0.3 is 19.9 Å². The minimum atomic E-state index is -0.383. The molecule has 1 atom stereocenters. The molecular formula is C20H22N4O3. The Kier molecular flexibility index (Phi) is 5.71. The number of ether oxygens (including phenoxy) is 1. The number of para-hydroxylation sites is 1. The maximum Gasteiger partial charge on any atom is 0.319 e. The molecule has 2 amide bonds. The third-order valence-electron chi connectivity index (χ3n) is 3.64. The van der Waals surface area contributed by atoms with Crippen molar-refractivity contribution in [2.45, 2.75) is 32.9 Å². The molecule has 3 aromatic rings. The van der Waals surface area contributed by atoms with E-state index in [1.54, 1.807) is 12.1 Å². The van der Waals surface area contributed by atoms with E-state index in [1.807, 2.05) is 63.2 Å². The average molecular weight is 366 g/mol. The predicted molar refractivity (Wildman–Crippen MR) is 103 cm³/mol. The van der Waals surface area contributed by atoms with Crippen LogP contribution >= 0.6 is 0 Å². The highest BCUT2D eigenvalue weighted by Gasteiger charge is 2.17. The first-order valence-corrected chi connectivity index (χ1v) is 8.74. The molecular weight excluding hydrogens is 344 g/mol. The number of urea groups is 1. The Morgan fingerprint density at radius 3 is 2.59 bits per heavy atom. The highest BCUT2D eigenvalue weighted by Crippen LogP contribution is 2.24. The number of hydrogen-bond acceptors (Lipinski definition) is 5. The smallest absolute Gasteiger partial charge is 0.319 e. The monoisotopic (exact) mass is 366 g/mol. The van der Waals surface area contributed by atoms with Gasteiger partial charge in [0.15, 0.2) is 6.10 Å². The molecule has 1 heterocycles. The van der Waals surface area contributed by atoms with Gasteiger partial charge >= 0.3 is 6.03 Å². The molecule has 0 aliphatic carbocycles. The lowest BCUT2D eigenvalue weighted by Crippen LogP contribution is -2.34. The van der Waals surface area contributed by atoms with Crippen LogP contribution in [0, 0.1) is 0 Å². The summed E-state index contributed by atoms with van der Waals surface area (Å²) in [7, 11) is 0. The molecule has 7 heteroatoms. The fourth-order valence-corrected chi connectivity index (χ4v) is 2.44. The SMILES string of the molecule is CC(C)NC(=O)Nc1cccc(-c2noc([C@@H](C)Oc3ccccc3)n2)c1. The van der Waals surface area contributed by atoms with E-state index in [0.29, 0.717) is 17.4 Å². The van der Waals surface area contributed by atoms with E-state index in [9.17, 15) is 4.79 Å². The Balaban J connectivity index is 1.70. The van der Waals surface area contributed by atoms with Crippen LogP contribution in [0.15, 0.2) is 59.1 Å². The Morgan fingerprint density at radius 2 is 1.85 bits per heavy atom. The molecule has 27 heavy (non-hydrogen) atoms. The van der Waals surface area contributed by atoms with Crippen LogP contribution in [0.25, 0.3) is 11.4 Å². The summed E-state index contributed by atoms with van der Waals surface area (Å²) < 4.78 is 11.1. The first-order chi connectivity index (χ1) is 13.0. The van der Waals surface area contributed by atoms with Gasteiger partial charge in [-0.15, -0.1) is 0 Å². The summed E-state index contributed by atoms with van der Waals surface area (Å²) in [4.78, 5) is 16.3. The normalized spacial score (nSPS) is 11.9. The van der Waals surface area contributed by atoms with Crippen molar-refractivity contribution in [1.29, 1.82) is 0 Å². The van der Waals surface area contributed by atoms with Crippen LogP contribution in [-0.4, -0.2) is 22.2 Å². The van der Waals surface area contributed by atoms with E-state index in [-0.39, 0.29) is 18.2 Å². The van der Waals surface area contributed by atoms with Crippen molar-refractivity contribution in [1.82, 2.24) is 15.5 Å². The van der Waals surface area contributed by atoms with Crippen LogP contribution in [0.5, 0.6) is 5.75 Å². The lowest BCUT2D eigenvalue weighted by molar-refractivity contribution is 0.176. The first kappa shape index (κ1) is 18.4. The third-order valence-corrected chi connectivity index (χ3v) is 3.64. The summed E-state index contributed by atoms with van der Waals surface area (Å²) in [6, 6.07) is 16.5. The Bertz CT molecular complexity index is 893. The number of nitrogens with zero attached hydrogens (tertiary/aromatic N) is 2. The van der Waals surface area contributed by atoms with Crippen LogP contribution in [0.4, 0.5) is 10.5 Å². The molecule has 2 N–H and O–H groups in total. The van der Waals surface area contributed by atoms with Crippen molar-refractivity contribution in [3.05, 3.63) is 60.5 Å². The zero-order chi connectivity index (χ0) is 19.2. The van der Waals surface area contributed by atoms with Crippen molar-refractivity contribution >= 4 is 11.7 Å². The highest BCUT2D eigenvalue weighted by molar-refractivity contribution is 5.90. The van der Waals surface area contributed by atoms with Crippen molar-refractivity contribution in [2.75, 3.05) is 5.32 Å². The molecule has 7 nitrogen and oxygen atoms in total. The number of nitrogens with one attached hydrogen (secondary N) is 2. The van der Waals surface area contributed by atoms with E-state index in [4.69, 9.17) is 9.26 Å². The molecule has 1 aromatic heterocycles. The maximum absolute atomic E-state index is 11.8. The molecule has 0 saturated heterocycles. The molecule has 0 radical (unpaired) electrons. The number of anilines is 1. The quantitative estimate of drug-likeness (QED) is 0.675. The summed E-state index contributed by atoms with van der Waals surface area (Å²) in [6.07, 6.45) is -0.383. The highest BCUT2D eigenvalue weighted by atomic mass is 16.5. The number of aromatic nitrogens is 2. The number of amides is 2. The fourth-order valence-electron chi connectivity index (χ4n) is 2.44. The van der Waals surface area contributed by atoms with Gasteiger partial charge in [0, 0.05) is 17.3 Å². The van der Waals surface area contributed by atoms with Gasteiger partial charge in [0.1, 0.15) is 5.75 Å². The van der Waals surface area contributed by atoms with Gasteiger partial charge in [-0.05, 0) is 45.0 Å². The largest absolute Gasteiger partial charge is 0.481 e. The minimum absolute atomic E-state index is 0.0547. The van der Waals surface area contributed by atoms with E-state index in [2.05, 4.69) is 20.8 Å². The van der Waals surface area contributed by atoms with Gasteiger partial charge in [0.2, 0.25) is 5.82 Å². The van der Waals surface area contributed by atoms with Gasteiger partial charge in [-0.25, -0.2) is 4.79 Å². The molecule has 2 aromatic carbocycles. The topological polar surface area (TPSA) is 89.3 Å². The van der Waals surface area contributed by atoms with Gasteiger partial charge in [0.05, 0.1) is 0 Å². The van der Waals surface area contributed by atoms with E-state index in [0.717, 1.165) is 11.3 Å².